The van der Waals surface area contributed by atoms with Crippen LogP contribution < -0.4 is 0 Å². The van der Waals surface area contributed by atoms with Crippen LogP contribution in [0.5, 0.6) is 0 Å². The van der Waals surface area contributed by atoms with Gasteiger partial charge in [-0.25, -0.2) is 0 Å². The molecule has 0 aromatic carbocycles. The van der Waals surface area contributed by atoms with Crippen molar-refractivity contribution in [1.82, 2.24) is 0 Å². The molecule has 0 spiro atoms. The second kappa shape index (κ2) is 11.6. The maximum atomic E-state index is 10.2. The van der Waals surface area contributed by atoms with Gasteiger partial charge >= 0.3 is 119 Å². The van der Waals surface area contributed by atoms with Crippen LogP contribution in [-0.2, 0) is 19.7 Å². The third-order valence-corrected chi connectivity index (χ3v) is 8.75. The van der Waals surface area contributed by atoms with Crippen LogP contribution in [-0.4, -0.2) is 68.3 Å². The molecule has 146 valence electrons. The van der Waals surface area contributed by atoms with Crippen molar-refractivity contribution in [2.75, 3.05) is 0 Å². The molecule has 0 aromatic rings. The van der Waals surface area contributed by atoms with Gasteiger partial charge in [-0.3, -0.25) is 14.1 Å². The Morgan fingerprint density at radius 3 is 1.50 bits per heavy atom. The Morgan fingerprint density at radius 2 is 1.27 bits per heavy atom. The Balaban J connectivity index is 0.000000265. The Kier molecular flexibility index (Phi) is 10.7. The molecule has 0 aromatic heterocycles. The summed E-state index contributed by atoms with van der Waals surface area (Å²) >= 11 is 1.47. The summed E-state index contributed by atoms with van der Waals surface area (Å²) in [6.45, 7) is 0. The normalized spacial score (nSPS) is 20.9. The van der Waals surface area contributed by atoms with Crippen molar-refractivity contribution in [2.45, 2.75) is 79.0 Å². The fourth-order valence-corrected chi connectivity index (χ4v) is 6.12. The van der Waals surface area contributed by atoms with Crippen molar-refractivity contribution < 1.29 is 32.8 Å². The van der Waals surface area contributed by atoms with E-state index in [1.165, 1.54) is 69.6 Å². The standard InChI is InChI=1S/C13H23.C4H6O7S.Na/c1-3-7-12(8-4-1)11-13-9-5-2-6-10-13;5-3(6)1-2(4(7)8)12(9,10)11;/h11-13H,1-10H2;2H,1H2,(H,5,6)(H,7,8)(H,9,10,11);. The van der Waals surface area contributed by atoms with Gasteiger partial charge in [0.15, 0.2) is 5.25 Å². The molecule has 3 N–H and O–H groups in total. The van der Waals surface area contributed by atoms with E-state index in [0.29, 0.717) is 0 Å². The maximum absolute atomic E-state index is 10.2. The van der Waals surface area contributed by atoms with E-state index in [-0.39, 0.29) is 0 Å². The minimum absolute atomic E-state index is 1.15. The third kappa shape index (κ3) is 8.69. The number of rotatable bonds is 6. The Morgan fingerprint density at radius 1 is 0.885 bits per heavy atom. The Labute approximate surface area is 173 Å². The number of aliphatic carboxylic acids is 2. The number of hydrogen-bond acceptors (Lipinski definition) is 4. The van der Waals surface area contributed by atoms with E-state index in [0.717, 1.165) is 11.8 Å². The molecule has 0 aliphatic heterocycles. The predicted octanol–water partition coefficient (Wildman–Crippen LogP) is 2.91. The first-order chi connectivity index (χ1) is 12.1. The zero-order chi connectivity index (χ0) is 19.7. The molecule has 0 radical (unpaired) electrons. The summed E-state index contributed by atoms with van der Waals surface area (Å²) in [4.78, 5) is 20.0. The van der Waals surface area contributed by atoms with Crippen LogP contribution in [0.15, 0.2) is 0 Å². The third-order valence-electron chi connectivity index (χ3n) is 5.78. The van der Waals surface area contributed by atoms with Gasteiger partial charge in [-0.2, -0.15) is 8.42 Å². The molecule has 0 saturated heterocycles. The molecule has 1 atom stereocenters. The van der Waals surface area contributed by atoms with Crippen molar-refractivity contribution >= 4 is 50.0 Å². The fraction of sp³-hybridized carbons (Fsp3) is 0.882. The molecule has 2 aliphatic carbocycles. The van der Waals surface area contributed by atoms with Gasteiger partial charge in [-0.1, -0.05) is 0 Å². The van der Waals surface area contributed by atoms with E-state index >= 15 is 0 Å². The van der Waals surface area contributed by atoms with Crippen LogP contribution in [0, 0.1) is 11.8 Å². The number of carboxylic acids is 2. The second-order valence-corrected chi connectivity index (χ2v) is 10.5. The fourth-order valence-electron chi connectivity index (χ4n) is 4.18. The molecule has 2 aliphatic rings. The molecule has 9 heteroatoms. The summed E-state index contributed by atoms with van der Waals surface area (Å²) in [7, 11) is -4.84. The van der Waals surface area contributed by atoms with E-state index in [2.05, 4.69) is 0 Å². The summed E-state index contributed by atoms with van der Waals surface area (Å²) in [5, 5.41) is 13.9. The molecule has 2 saturated carbocycles. The average molecular weight is 400 g/mol. The van der Waals surface area contributed by atoms with Gasteiger partial charge in [0.1, 0.15) is 0 Å². The Hall–Kier alpha value is -0.150. The first kappa shape index (κ1) is 23.9. The van der Waals surface area contributed by atoms with Gasteiger partial charge in [-0.05, 0) is 0 Å². The topological polar surface area (TPSA) is 129 Å². The number of carbonyl (C=O) groups is 2. The summed E-state index contributed by atoms with van der Waals surface area (Å²) < 4.78 is 29.8. The van der Waals surface area contributed by atoms with E-state index in [4.69, 9.17) is 14.8 Å². The summed E-state index contributed by atoms with van der Waals surface area (Å²) in [5.74, 6) is -1.20. The van der Waals surface area contributed by atoms with Crippen molar-refractivity contribution in [3.63, 3.8) is 0 Å². The molecule has 0 heterocycles. The molecule has 7 nitrogen and oxygen atoms in total. The van der Waals surface area contributed by atoms with Crippen molar-refractivity contribution in [3.8, 4) is 0 Å². The average Bonchev–Trinajstić information content (AvgIpc) is 2.60. The Bertz CT molecular complexity index is 533. The van der Waals surface area contributed by atoms with Crippen LogP contribution in [0.3, 0.4) is 0 Å². The first-order valence-corrected chi connectivity index (χ1v) is 12.2. The van der Waals surface area contributed by atoms with Gasteiger partial charge in [0.05, 0.1) is 6.42 Å². The molecule has 0 amide bonds. The van der Waals surface area contributed by atoms with E-state index in [1.54, 1.807) is 25.7 Å². The molecule has 2 rings (SSSR count). The molecular formula is C17H29NaO7S. The zero-order valence-corrected chi connectivity index (χ0v) is 18.3. The summed E-state index contributed by atoms with van der Waals surface area (Å²) in [6.07, 6.45) is 14.3. The molecular weight excluding hydrogens is 371 g/mol. The van der Waals surface area contributed by atoms with Crippen LogP contribution >= 0.6 is 0 Å². The zero-order valence-electron chi connectivity index (χ0n) is 15.5. The van der Waals surface area contributed by atoms with E-state index in [1.807, 2.05) is 0 Å². The van der Waals surface area contributed by atoms with Gasteiger partial charge in [-0.15, -0.1) is 0 Å². The molecule has 2 fully saturated rings. The van der Waals surface area contributed by atoms with Gasteiger partial charge in [0, 0.05) is 0 Å². The quantitative estimate of drug-likeness (QED) is 0.462. The van der Waals surface area contributed by atoms with Gasteiger partial charge in [0.25, 0.3) is 10.1 Å². The van der Waals surface area contributed by atoms with E-state index < -0.39 is 33.7 Å². The predicted molar refractivity (Wildman–Crippen MR) is 97.9 cm³/mol. The second-order valence-electron chi connectivity index (χ2n) is 7.60. The van der Waals surface area contributed by atoms with Crippen LogP contribution in [0.4, 0.5) is 0 Å². The number of carboxylic acid groups (broad SMARTS) is 2. The van der Waals surface area contributed by atoms with Crippen molar-refractivity contribution in [3.05, 3.63) is 0 Å². The molecule has 26 heavy (non-hydrogen) atoms. The van der Waals surface area contributed by atoms with Gasteiger partial charge in [0.2, 0.25) is 0 Å². The van der Waals surface area contributed by atoms with Crippen molar-refractivity contribution in [1.29, 1.82) is 0 Å². The van der Waals surface area contributed by atoms with E-state index in [9.17, 15) is 18.0 Å². The number of hydrogen-bond donors (Lipinski definition) is 3. The van der Waals surface area contributed by atoms with Crippen molar-refractivity contribution in [2.24, 2.45) is 11.8 Å². The van der Waals surface area contributed by atoms with Crippen LogP contribution in [0.2, 0.25) is 3.17 Å². The van der Waals surface area contributed by atoms with Crippen LogP contribution in [0.25, 0.3) is 0 Å². The summed E-state index contributed by atoms with van der Waals surface area (Å²) in [6, 6.07) is 0. The monoisotopic (exact) mass is 400 g/mol. The summed E-state index contributed by atoms with van der Waals surface area (Å²) in [5.41, 5.74) is 0. The van der Waals surface area contributed by atoms with Crippen LogP contribution in [0.1, 0.15) is 70.6 Å². The first-order valence-electron chi connectivity index (χ1n) is 9.53. The minimum atomic E-state index is -4.84. The molecule has 0 bridgehead atoms. The SMILES string of the molecule is O=C(O)CC(C(=O)O)S(=O)(=O)O.[Na][CH](C1CCCCC1)C1CCCCC1. The molecule has 1 unspecified atom stereocenters. The van der Waals surface area contributed by atoms with Gasteiger partial charge < -0.3 is 10.2 Å².